The van der Waals surface area contributed by atoms with E-state index in [1.165, 1.54) is 4.90 Å². The molecule has 0 saturated carbocycles. The van der Waals surface area contributed by atoms with Crippen molar-refractivity contribution in [1.82, 2.24) is 9.80 Å². The van der Waals surface area contributed by atoms with E-state index in [0.717, 1.165) is 18.4 Å². The number of nitrogens with one attached hydrogen (secondary N) is 1. The number of carbonyl (C=O) groups excluding carboxylic acids is 3. The summed E-state index contributed by atoms with van der Waals surface area (Å²) in [7, 11) is 0. The highest BCUT2D eigenvalue weighted by molar-refractivity contribution is 6.31. The van der Waals surface area contributed by atoms with Crippen LogP contribution in [0.1, 0.15) is 39.2 Å². The number of nitrogens with zero attached hydrogens (tertiary/aromatic N) is 2. The molecule has 1 spiro atoms. The Kier molecular flexibility index (Phi) is 3.26. The highest BCUT2D eigenvalue weighted by Crippen LogP contribution is 2.61. The zero-order valence-electron chi connectivity index (χ0n) is 15.6. The summed E-state index contributed by atoms with van der Waals surface area (Å²) in [6, 6.07) is 5.21. The predicted molar refractivity (Wildman–Crippen MR) is 100 cm³/mol. The van der Waals surface area contributed by atoms with Gasteiger partial charge in [0.05, 0.1) is 11.8 Å². The van der Waals surface area contributed by atoms with Crippen LogP contribution < -0.4 is 5.32 Å². The lowest BCUT2D eigenvalue weighted by molar-refractivity contribution is -0.150. The Morgan fingerprint density at radius 2 is 1.93 bits per heavy atom. The van der Waals surface area contributed by atoms with Gasteiger partial charge in [-0.1, -0.05) is 11.6 Å². The van der Waals surface area contributed by atoms with Crippen LogP contribution >= 0.6 is 11.6 Å². The average molecular weight is 388 g/mol. The molecule has 1 aromatic rings. The third kappa shape index (κ3) is 1.88. The number of fused-ring (bicyclic) bond motifs is 7. The number of rotatable bonds is 0. The second-order valence-electron chi connectivity index (χ2n) is 9.00. The molecule has 7 heteroatoms. The molecule has 0 radical (unpaired) electrons. The summed E-state index contributed by atoms with van der Waals surface area (Å²) in [5.41, 5.74) is -0.338. The number of anilines is 1. The fraction of sp³-hybridized carbons (Fsp3) is 0.550. The summed E-state index contributed by atoms with van der Waals surface area (Å²) in [5, 5.41) is 3.47. The summed E-state index contributed by atoms with van der Waals surface area (Å²) >= 11 is 6.26. The number of carbonyl (C=O) groups is 3. The third-order valence-corrected chi connectivity index (χ3v) is 6.86. The minimum Gasteiger partial charge on any atom is -0.324 e. The van der Waals surface area contributed by atoms with Crippen molar-refractivity contribution >= 4 is 35.0 Å². The van der Waals surface area contributed by atoms with Gasteiger partial charge < -0.3 is 5.32 Å². The first-order valence-corrected chi connectivity index (χ1v) is 9.83. The van der Waals surface area contributed by atoms with E-state index in [-0.39, 0.29) is 23.8 Å². The minimum atomic E-state index is -1.14. The van der Waals surface area contributed by atoms with Crippen molar-refractivity contribution < 1.29 is 14.4 Å². The van der Waals surface area contributed by atoms with Gasteiger partial charge in [0.25, 0.3) is 0 Å². The predicted octanol–water partition coefficient (Wildman–Crippen LogP) is 2.37. The lowest BCUT2D eigenvalue weighted by atomic mass is 9.75. The van der Waals surface area contributed by atoms with Crippen molar-refractivity contribution in [3.05, 3.63) is 28.8 Å². The molecular weight excluding hydrogens is 366 g/mol. The number of amides is 3. The van der Waals surface area contributed by atoms with Crippen LogP contribution in [0.2, 0.25) is 5.02 Å². The molecule has 3 fully saturated rings. The quantitative estimate of drug-likeness (QED) is 0.694. The topological polar surface area (TPSA) is 69.7 Å². The molecule has 27 heavy (non-hydrogen) atoms. The van der Waals surface area contributed by atoms with Crippen LogP contribution in [0.4, 0.5) is 5.69 Å². The van der Waals surface area contributed by atoms with Crippen molar-refractivity contribution in [3.8, 4) is 0 Å². The highest BCUT2D eigenvalue weighted by atomic mass is 35.5. The van der Waals surface area contributed by atoms with Gasteiger partial charge in [-0.2, -0.15) is 0 Å². The second kappa shape index (κ2) is 5.11. The van der Waals surface area contributed by atoms with E-state index in [1.54, 1.807) is 18.2 Å². The lowest BCUT2D eigenvalue weighted by Crippen LogP contribution is -2.56. The SMILES string of the molecule is CC(C)(C)N1C(=O)[C@H]2[C@@H](C1=O)[C@@]1(C(=O)Nc3ccc(Cl)cc31)N1CCC[C@@H]21. The average Bonchev–Trinajstić information content (AvgIpc) is 3.25. The van der Waals surface area contributed by atoms with Gasteiger partial charge in [-0.25, -0.2) is 0 Å². The molecular formula is C20H22ClN3O3. The molecule has 1 aromatic carbocycles. The summed E-state index contributed by atoms with van der Waals surface area (Å²) in [4.78, 5) is 43.7. The largest absolute Gasteiger partial charge is 0.324 e. The minimum absolute atomic E-state index is 0.0884. The van der Waals surface area contributed by atoms with E-state index in [0.29, 0.717) is 17.3 Å². The fourth-order valence-corrected chi connectivity index (χ4v) is 6.01. The molecule has 3 saturated heterocycles. The number of imide groups is 1. The van der Waals surface area contributed by atoms with Crippen molar-refractivity contribution in [1.29, 1.82) is 0 Å². The molecule has 5 rings (SSSR count). The first-order chi connectivity index (χ1) is 12.7. The number of hydrogen-bond acceptors (Lipinski definition) is 4. The van der Waals surface area contributed by atoms with Gasteiger partial charge in [-0.05, 0) is 58.4 Å². The van der Waals surface area contributed by atoms with Crippen LogP contribution in [-0.4, -0.2) is 45.6 Å². The van der Waals surface area contributed by atoms with Gasteiger partial charge in [0, 0.05) is 27.9 Å². The van der Waals surface area contributed by atoms with E-state index in [2.05, 4.69) is 10.2 Å². The number of benzene rings is 1. The number of likely N-dealkylation sites (tertiary alicyclic amines) is 1. The maximum Gasteiger partial charge on any atom is 0.250 e. The Hall–Kier alpha value is -1.92. The molecule has 6 nitrogen and oxygen atoms in total. The van der Waals surface area contributed by atoms with Gasteiger partial charge in [-0.3, -0.25) is 24.2 Å². The normalized spacial score (nSPS) is 35.0. The maximum absolute atomic E-state index is 13.5. The van der Waals surface area contributed by atoms with Gasteiger partial charge in [0.2, 0.25) is 17.7 Å². The Morgan fingerprint density at radius 3 is 2.63 bits per heavy atom. The fourth-order valence-electron chi connectivity index (χ4n) is 5.84. The smallest absolute Gasteiger partial charge is 0.250 e. The molecule has 0 aliphatic carbocycles. The van der Waals surface area contributed by atoms with Crippen LogP contribution in [0, 0.1) is 11.8 Å². The van der Waals surface area contributed by atoms with Gasteiger partial charge in [0.15, 0.2) is 0 Å². The van der Waals surface area contributed by atoms with Crippen molar-refractivity contribution in [2.45, 2.75) is 50.7 Å². The summed E-state index contributed by atoms with van der Waals surface area (Å²) in [6.07, 6.45) is 1.74. The standard InChI is InChI=1S/C20H22ClN3O3/c1-19(2,3)24-16(25)14-13-5-4-8-23(13)20(15(14)17(24)26)11-9-10(21)6-7-12(11)22-18(20)27/h6-7,9,13-15H,4-5,8H2,1-3H3,(H,22,27)/t13-,14+,15-,20-/m0/s1. The summed E-state index contributed by atoms with van der Waals surface area (Å²) in [5.74, 6) is -1.77. The monoisotopic (exact) mass is 387 g/mol. The zero-order chi connectivity index (χ0) is 19.3. The Morgan fingerprint density at radius 1 is 1.19 bits per heavy atom. The van der Waals surface area contributed by atoms with E-state index in [1.807, 2.05) is 20.8 Å². The highest BCUT2D eigenvalue weighted by Gasteiger charge is 2.75. The molecule has 3 amide bonds. The van der Waals surface area contributed by atoms with Crippen LogP contribution in [0.5, 0.6) is 0 Å². The molecule has 4 aliphatic heterocycles. The Labute approximate surface area is 162 Å². The molecule has 4 atom stereocenters. The Balaban J connectivity index is 1.77. The van der Waals surface area contributed by atoms with Gasteiger partial charge in [0.1, 0.15) is 5.54 Å². The molecule has 4 aliphatic rings. The third-order valence-electron chi connectivity index (χ3n) is 6.63. The molecule has 1 N–H and O–H groups in total. The van der Waals surface area contributed by atoms with Crippen LogP contribution in [0.25, 0.3) is 0 Å². The number of hydrogen-bond donors (Lipinski definition) is 1. The lowest BCUT2D eigenvalue weighted by Gasteiger charge is -2.38. The molecule has 4 heterocycles. The second-order valence-corrected chi connectivity index (χ2v) is 9.44. The van der Waals surface area contributed by atoms with E-state index >= 15 is 0 Å². The van der Waals surface area contributed by atoms with Crippen molar-refractivity contribution in [2.24, 2.45) is 11.8 Å². The molecule has 0 unspecified atom stereocenters. The number of halogens is 1. The first kappa shape index (κ1) is 17.2. The van der Waals surface area contributed by atoms with E-state index in [4.69, 9.17) is 11.6 Å². The molecule has 142 valence electrons. The van der Waals surface area contributed by atoms with E-state index < -0.39 is 22.9 Å². The van der Waals surface area contributed by atoms with Gasteiger partial charge in [-0.15, -0.1) is 0 Å². The summed E-state index contributed by atoms with van der Waals surface area (Å²) < 4.78 is 0. The van der Waals surface area contributed by atoms with Crippen LogP contribution in [0.15, 0.2) is 18.2 Å². The maximum atomic E-state index is 13.5. The Bertz CT molecular complexity index is 908. The summed E-state index contributed by atoms with van der Waals surface area (Å²) in [6.45, 7) is 6.29. The zero-order valence-corrected chi connectivity index (χ0v) is 16.3. The van der Waals surface area contributed by atoms with E-state index in [9.17, 15) is 14.4 Å². The van der Waals surface area contributed by atoms with Crippen molar-refractivity contribution in [2.75, 3.05) is 11.9 Å². The molecule has 0 bridgehead atoms. The molecule has 0 aromatic heterocycles. The van der Waals surface area contributed by atoms with Crippen molar-refractivity contribution in [3.63, 3.8) is 0 Å². The van der Waals surface area contributed by atoms with Gasteiger partial charge >= 0.3 is 0 Å². The first-order valence-electron chi connectivity index (χ1n) is 9.45. The van der Waals surface area contributed by atoms with Crippen LogP contribution in [-0.2, 0) is 19.9 Å². The van der Waals surface area contributed by atoms with Crippen LogP contribution in [0.3, 0.4) is 0 Å².